The number of halogens is 1. The zero-order valence-corrected chi connectivity index (χ0v) is 18.8. The fraction of sp³-hybridized carbons (Fsp3) is 0.700. The molecular formula is C20H35BrO3Si. The molecule has 0 aliphatic rings. The van der Waals surface area contributed by atoms with Gasteiger partial charge < -0.3 is 13.3 Å². The SMILES string of the molecule is CCCO[Si](CCCCc1ccc(CBr)cc1)(OCCC)OCCC. The van der Waals surface area contributed by atoms with Gasteiger partial charge in [0.2, 0.25) is 0 Å². The number of rotatable bonds is 15. The lowest BCUT2D eigenvalue weighted by Crippen LogP contribution is -2.46. The summed E-state index contributed by atoms with van der Waals surface area (Å²) in [5, 5.41) is 0.916. The number of hydrogen-bond donors (Lipinski definition) is 0. The first-order valence-electron chi connectivity index (χ1n) is 9.75. The summed E-state index contributed by atoms with van der Waals surface area (Å²) < 4.78 is 18.5. The second kappa shape index (κ2) is 13.9. The van der Waals surface area contributed by atoms with Crippen molar-refractivity contribution in [1.82, 2.24) is 0 Å². The summed E-state index contributed by atoms with van der Waals surface area (Å²) in [4.78, 5) is 0. The average molecular weight is 431 g/mol. The Kier molecular flexibility index (Phi) is 12.7. The van der Waals surface area contributed by atoms with Crippen LogP contribution in [0.25, 0.3) is 0 Å². The van der Waals surface area contributed by atoms with Crippen molar-refractivity contribution < 1.29 is 13.3 Å². The lowest BCUT2D eigenvalue weighted by Gasteiger charge is -2.29. The molecule has 0 aliphatic heterocycles. The van der Waals surface area contributed by atoms with Crippen LogP contribution in [0.1, 0.15) is 64.0 Å². The summed E-state index contributed by atoms with van der Waals surface area (Å²) in [6.07, 6.45) is 6.33. The van der Waals surface area contributed by atoms with E-state index in [-0.39, 0.29) is 0 Å². The molecule has 0 fully saturated rings. The normalized spacial score (nSPS) is 11.8. The summed E-state index contributed by atoms with van der Waals surface area (Å²) in [6.45, 7) is 8.59. The molecule has 0 N–H and O–H groups in total. The zero-order valence-electron chi connectivity index (χ0n) is 16.2. The van der Waals surface area contributed by atoms with Gasteiger partial charge >= 0.3 is 8.80 Å². The van der Waals surface area contributed by atoms with Gasteiger partial charge in [-0.05, 0) is 49.7 Å². The van der Waals surface area contributed by atoms with Crippen molar-refractivity contribution in [2.75, 3.05) is 19.8 Å². The standard InChI is InChI=1S/C20H35BrO3Si/c1-4-14-22-25(23-15-5-2,24-16-6-3)17-8-7-9-19-10-12-20(18-21)13-11-19/h10-13H,4-9,14-18H2,1-3H3. The van der Waals surface area contributed by atoms with Crippen LogP contribution < -0.4 is 0 Å². The van der Waals surface area contributed by atoms with E-state index < -0.39 is 8.80 Å². The molecule has 0 radical (unpaired) electrons. The molecule has 25 heavy (non-hydrogen) atoms. The third-order valence-electron chi connectivity index (χ3n) is 3.95. The van der Waals surface area contributed by atoms with Crippen LogP contribution in [0.15, 0.2) is 24.3 Å². The molecule has 144 valence electrons. The van der Waals surface area contributed by atoms with Gasteiger partial charge in [-0.2, -0.15) is 0 Å². The molecule has 0 aliphatic carbocycles. The highest BCUT2D eigenvalue weighted by molar-refractivity contribution is 9.08. The summed E-state index contributed by atoms with van der Waals surface area (Å²) in [7, 11) is -2.52. The summed E-state index contributed by atoms with van der Waals surface area (Å²) in [6, 6.07) is 9.78. The minimum Gasteiger partial charge on any atom is -0.373 e. The first kappa shape index (κ1) is 22.8. The van der Waals surface area contributed by atoms with E-state index in [0.29, 0.717) is 0 Å². The van der Waals surface area contributed by atoms with Crippen LogP contribution in [0.5, 0.6) is 0 Å². The highest BCUT2D eigenvalue weighted by Gasteiger charge is 2.40. The zero-order chi connectivity index (χ0) is 18.4. The van der Waals surface area contributed by atoms with E-state index in [0.717, 1.165) is 69.7 Å². The lowest BCUT2D eigenvalue weighted by atomic mass is 10.1. The maximum atomic E-state index is 6.15. The molecule has 0 atom stereocenters. The van der Waals surface area contributed by atoms with Crippen LogP contribution in [0.3, 0.4) is 0 Å². The molecule has 0 bridgehead atoms. The van der Waals surface area contributed by atoms with Gasteiger partial charge in [0, 0.05) is 31.2 Å². The van der Waals surface area contributed by atoms with Crippen molar-refractivity contribution in [1.29, 1.82) is 0 Å². The van der Waals surface area contributed by atoms with Crippen molar-refractivity contribution in [2.45, 2.75) is 70.7 Å². The van der Waals surface area contributed by atoms with Crippen LogP contribution in [0.4, 0.5) is 0 Å². The monoisotopic (exact) mass is 430 g/mol. The van der Waals surface area contributed by atoms with Crippen LogP contribution in [0, 0.1) is 0 Å². The molecule has 0 amide bonds. The second-order valence-corrected chi connectivity index (χ2v) is 9.68. The third-order valence-corrected chi connectivity index (χ3v) is 7.50. The van der Waals surface area contributed by atoms with E-state index in [4.69, 9.17) is 13.3 Å². The molecule has 0 unspecified atom stereocenters. The highest BCUT2D eigenvalue weighted by atomic mass is 79.9. The van der Waals surface area contributed by atoms with Crippen LogP contribution in [0.2, 0.25) is 6.04 Å². The average Bonchev–Trinajstić information content (AvgIpc) is 2.66. The van der Waals surface area contributed by atoms with E-state index in [1.54, 1.807) is 0 Å². The number of hydrogen-bond acceptors (Lipinski definition) is 3. The fourth-order valence-electron chi connectivity index (χ4n) is 2.58. The smallest absolute Gasteiger partial charge is 0.373 e. The topological polar surface area (TPSA) is 27.7 Å². The molecule has 1 aromatic carbocycles. The first-order valence-corrected chi connectivity index (χ1v) is 12.8. The quantitative estimate of drug-likeness (QED) is 0.190. The number of unbranched alkanes of at least 4 members (excludes halogenated alkanes) is 1. The molecule has 0 heterocycles. The Balaban J connectivity index is 2.52. The Morgan fingerprint density at radius 1 is 0.760 bits per heavy atom. The van der Waals surface area contributed by atoms with Crippen LogP contribution in [-0.2, 0) is 25.0 Å². The van der Waals surface area contributed by atoms with Gasteiger partial charge in [-0.25, -0.2) is 0 Å². The first-order chi connectivity index (χ1) is 12.2. The highest BCUT2D eigenvalue weighted by Crippen LogP contribution is 2.21. The molecule has 5 heteroatoms. The number of aryl methyl sites for hydroxylation is 1. The Morgan fingerprint density at radius 2 is 1.24 bits per heavy atom. The Hall–Kier alpha value is -0.203. The van der Waals surface area contributed by atoms with E-state index in [2.05, 4.69) is 61.0 Å². The van der Waals surface area contributed by atoms with Crippen molar-refractivity contribution in [3.8, 4) is 0 Å². The molecule has 1 aromatic rings. The van der Waals surface area contributed by atoms with E-state index in [1.165, 1.54) is 11.1 Å². The maximum absolute atomic E-state index is 6.15. The largest absolute Gasteiger partial charge is 0.500 e. The van der Waals surface area contributed by atoms with E-state index in [1.807, 2.05) is 0 Å². The summed E-state index contributed by atoms with van der Waals surface area (Å²) in [5.74, 6) is 0. The maximum Gasteiger partial charge on any atom is 0.500 e. The molecular weight excluding hydrogens is 396 g/mol. The number of benzene rings is 1. The number of alkyl halides is 1. The second-order valence-electron chi connectivity index (χ2n) is 6.39. The predicted molar refractivity (Wildman–Crippen MR) is 111 cm³/mol. The van der Waals surface area contributed by atoms with Crippen molar-refractivity contribution >= 4 is 24.7 Å². The van der Waals surface area contributed by atoms with Gasteiger partial charge in [0.1, 0.15) is 0 Å². The molecule has 1 rings (SSSR count). The predicted octanol–water partition coefficient (Wildman–Crippen LogP) is 6.12. The molecule has 0 saturated carbocycles. The van der Waals surface area contributed by atoms with Gasteiger partial charge in [-0.3, -0.25) is 0 Å². The van der Waals surface area contributed by atoms with Crippen LogP contribution >= 0.6 is 15.9 Å². The lowest BCUT2D eigenvalue weighted by molar-refractivity contribution is 0.0586. The van der Waals surface area contributed by atoms with Crippen molar-refractivity contribution in [3.63, 3.8) is 0 Å². The van der Waals surface area contributed by atoms with E-state index >= 15 is 0 Å². The van der Waals surface area contributed by atoms with Gasteiger partial charge in [-0.15, -0.1) is 0 Å². The van der Waals surface area contributed by atoms with Crippen molar-refractivity contribution in [3.05, 3.63) is 35.4 Å². The minimum atomic E-state index is -2.52. The van der Waals surface area contributed by atoms with Crippen molar-refractivity contribution in [2.24, 2.45) is 0 Å². The van der Waals surface area contributed by atoms with Gasteiger partial charge in [0.25, 0.3) is 0 Å². The summed E-state index contributed by atoms with van der Waals surface area (Å²) >= 11 is 3.49. The fourth-order valence-corrected chi connectivity index (χ4v) is 5.87. The van der Waals surface area contributed by atoms with Gasteiger partial charge in [0.05, 0.1) is 0 Å². The summed E-state index contributed by atoms with van der Waals surface area (Å²) in [5.41, 5.74) is 2.72. The minimum absolute atomic E-state index is 0.730. The molecule has 0 spiro atoms. The Labute approximate surface area is 163 Å². The van der Waals surface area contributed by atoms with E-state index in [9.17, 15) is 0 Å². The molecule has 3 nitrogen and oxygen atoms in total. The third kappa shape index (κ3) is 9.34. The van der Waals surface area contributed by atoms with Gasteiger partial charge in [-0.1, -0.05) is 61.0 Å². The van der Waals surface area contributed by atoms with Gasteiger partial charge in [0.15, 0.2) is 0 Å². The Bertz CT molecular complexity index is 417. The Morgan fingerprint density at radius 3 is 1.68 bits per heavy atom. The molecule has 0 saturated heterocycles. The van der Waals surface area contributed by atoms with Crippen LogP contribution in [-0.4, -0.2) is 28.6 Å². The molecule has 0 aromatic heterocycles.